The van der Waals surface area contributed by atoms with Crippen LogP contribution in [0.15, 0.2) is 48.0 Å². The van der Waals surface area contributed by atoms with E-state index < -0.39 is 35.4 Å². The average Bonchev–Trinajstić information content (AvgIpc) is 4.01. The minimum Gasteiger partial charge on any atom is -0.373 e. The van der Waals surface area contributed by atoms with Crippen molar-refractivity contribution in [2.24, 2.45) is 0 Å². The number of amides is 4. The lowest BCUT2D eigenvalue weighted by Crippen LogP contribution is -2.54. The summed E-state index contributed by atoms with van der Waals surface area (Å²) in [5.41, 5.74) is -0.811. The van der Waals surface area contributed by atoms with E-state index in [9.17, 15) is 40.7 Å². The van der Waals surface area contributed by atoms with Crippen LogP contribution < -0.4 is 10.6 Å². The molecule has 0 aromatic heterocycles. The van der Waals surface area contributed by atoms with Gasteiger partial charge >= 0.3 is 18.4 Å². The Hall–Kier alpha value is -4.27. The Kier molecular flexibility index (Phi) is 10.9. The van der Waals surface area contributed by atoms with Crippen molar-refractivity contribution in [3.8, 4) is 0 Å². The normalized spacial score (nSPS) is 21.0. The molecule has 292 valence electrons. The Morgan fingerprint density at radius 3 is 1.98 bits per heavy atom. The molecule has 7 rings (SSSR count). The number of carbonyl (C=O) groups excluding carboxylic acids is 3. The minimum atomic E-state index is -5.04. The van der Waals surface area contributed by atoms with E-state index >= 15 is 0 Å². The van der Waals surface area contributed by atoms with Crippen LogP contribution in [0.4, 0.5) is 36.8 Å². The largest absolute Gasteiger partial charge is 0.416 e. The molecule has 4 fully saturated rings. The van der Waals surface area contributed by atoms with E-state index in [4.69, 9.17) is 0 Å². The smallest absolute Gasteiger partial charge is 0.373 e. The van der Waals surface area contributed by atoms with Crippen molar-refractivity contribution in [3.05, 3.63) is 70.3 Å². The van der Waals surface area contributed by atoms with Gasteiger partial charge in [-0.25, -0.2) is 4.79 Å². The third-order valence-corrected chi connectivity index (χ3v) is 11.5. The molecule has 15 heteroatoms. The van der Waals surface area contributed by atoms with Gasteiger partial charge in [0, 0.05) is 56.2 Å². The Morgan fingerprint density at radius 1 is 0.778 bits per heavy atom. The third kappa shape index (κ3) is 8.66. The van der Waals surface area contributed by atoms with E-state index in [1.807, 2.05) is 24.3 Å². The Morgan fingerprint density at radius 2 is 1.37 bits per heavy atom. The number of likely N-dealkylation sites (tertiary alicyclic amines) is 3. The van der Waals surface area contributed by atoms with Gasteiger partial charge in [-0.05, 0) is 105 Å². The van der Waals surface area contributed by atoms with Gasteiger partial charge in [0.2, 0.25) is 11.8 Å². The maximum Gasteiger partial charge on any atom is 0.416 e. The van der Waals surface area contributed by atoms with Gasteiger partial charge in [0.15, 0.2) is 0 Å². The Bertz CT molecular complexity index is 1720. The number of para-hydroxylation sites is 1. The van der Waals surface area contributed by atoms with Gasteiger partial charge in [-0.1, -0.05) is 24.6 Å². The van der Waals surface area contributed by atoms with Crippen molar-refractivity contribution in [3.63, 3.8) is 0 Å². The Balaban J connectivity index is 1.09. The number of halogens is 6. The van der Waals surface area contributed by atoms with Crippen LogP contribution in [0.1, 0.15) is 86.5 Å². The second-order valence-electron chi connectivity index (χ2n) is 15.2. The van der Waals surface area contributed by atoms with E-state index in [1.54, 1.807) is 14.7 Å². The summed E-state index contributed by atoms with van der Waals surface area (Å²) in [5.74, 6) is -0.753. The predicted octanol–water partition coefficient (Wildman–Crippen LogP) is 7.09. The highest BCUT2D eigenvalue weighted by molar-refractivity contribution is 5.93. The minimum absolute atomic E-state index is 0.0380. The van der Waals surface area contributed by atoms with E-state index in [2.05, 4.69) is 15.5 Å². The van der Waals surface area contributed by atoms with Crippen molar-refractivity contribution >= 4 is 29.2 Å². The first-order chi connectivity index (χ1) is 25.7. The monoisotopic (exact) mass is 760 g/mol. The molecule has 2 N–H and O–H groups in total. The van der Waals surface area contributed by atoms with Gasteiger partial charge in [-0.15, -0.1) is 0 Å². The highest BCUT2D eigenvalue weighted by atomic mass is 19.4. The summed E-state index contributed by atoms with van der Waals surface area (Å²) in [5, 5.41) is 5.97. The van der Waals surface area contributed by atoms with E-state index in [-0.39, 0.29) is 41.7 Å². The molecule has 4 amide bonds. The number of alkyl halides is 6. The quantitative estimate of drug-likeness (QED) is 0.281. The lowest BCUT2D eigenvalue weighted by molar-refractivity contribution is -0.143. The number of urea groups is 1. The van der Waals surface area contributed by atoms with E-state index in [0.717, 1.165) is 50.0 Å². The zero-order valence-electron chi connectivity index (χ0n) is 30.1. The number of nitrogens with one attached hydrogen (secondary N) is 2. The summed E-state index contributed by atoms with van der Waals surface area (Å²) in [6.07, 6.45) is -3.55. The van der Waals surface area contributed by atoms with Crippen LogP contribution >= 0.6 is 0 Å². The number of rotatable bonds is 8. The number of anilines is 1. The molecule has 0 unspecified atom stereocenters. The standard InChI is InChI=1S/C39H46F6N6O3/c40-38(41,42)28-20-27(21-29(22-28)39(43,44)45)35(25-8-9-25)46-33(36(53)50-18-10-30(11-19-50)48-14-4-1-5-15-48)23-34(52)49-16-12-31(13-17-49)51-24-26-6-2-3-7-32(26)47-37(51)54/h2-3,6-7,20-22,30-31,33,46H,1,4-5,8-19,23-24H2,(H,47,54)/t33-/m0/s1. The summed E-state index contributed by atoms with van der Waals surface area (Å²) in [6, 6.07) is 7.80. The molecule has 1 atom stereocenters. The van der Waals surface area contributed by atoms with Crippen molar-refractivity contribution < 1.29 is 40.7 Å². The molecule has 1 saturated carbocycles. The zero-order valence-corrected chi connectivity index (χ0v) is 30.1. The van der Waals surface area contributed by atoms with Gasteiger partial charge in [0.05, 0.1) is 17.5 Å². The SMILES string of the molecule is O=C(C[C@H](NC(=C1CC1)c1cc(C(F)(F)F)cc(C(F)(F)F)c1)C(=O)N1CCC(N2CCCCC2)CC1)N1CCC(N2Cc3ccccc3NC2=O)CC1. The molecular formula is C39H46F6N6O3. The molecule has 4 heterocycles. The second kappa shape index (κ2) is 15.5. The molecule has 2 aromatic rings. The number of hydrogen-bond acceptors (Lipinski definition) is 5. The summed E-state index contributed by atoms with van der Waals surface area (Å²) < 4.78 is 83.3. The van der Waals surface area contributed by atoms with Crippen LogP contribution in [0.3, 0.4) is 0 Å². The lowest BCUT2D eigenvalue weighted by Gasteiger charge is -2.42. The van der Waals surface area contributed by atoms with Crippen LogP contribution in [0, 0.1) is 0 Å². The van der Waals surface area contributed by atoms with Crippen LogP contribution in [-0.4, -0.2) is 94.8 Å². The molecule has 0 radical (unpaired) electrons. The molecule has 54 heavy (non-hydrogen) atoms. The summed E-state index contributed by atoms with van der Waals surface area (Å²) in [4.78, 5) is 48.7. The molecule has 9 nitrogen and oxygen atoms in total. The number of allylic oxidation sites excluding steroid dienone is 1. The van der Waals surface area contributed by atoms with Gasteiger partial charge < -0.3 is 30.2 Å². The zero-order chi connectivity index (χ0) is 38.2. The number of carbonyl (C=O) groups is 3. The van der Waals surface area contributed by atoms with Gasteiger partial charge in [0.25, 0.3) is 0 Å². The highest BCUT2D eigenvalue weighted by Crippen LogP contribution is 2.41. The van der Waals surface area contributed by atoms with E-state index in [0.29, 0.717) is 82.2 Å². The van der Waals surface area contributed by atoms with E-state index in [1.165, 1.54) is 6.42 Å². The first kappa shape index (κ1) is 38.0. The fraction of sp³-hybridized carbons (Fsp3) is 0.564. The molecule has 2 aromatic carbocycles. The van der Waals surface area contributed by atoms with Crippen LogP contribution in [0.5, 0.6) is 0 Å². The van der Waals surface area contributed by atoms with Crippen molar-refractivity contribution in [2.45, 2.75) is 101 Å². The van der Waals surface area contributed by atoms with Crippen LogP contribution in [0.25, 0.3) is 5.70 Å². The second-order valence-corrected chi connectivity index (χ2v) is 15.2. The van der Waals surface area contributed by atoms with Gasteiger partial charge in [-0.2, -0.15) is 26.3 Å². The summed E-state index contributed by atoms with van der Waals surface area (Å²) >= 11 is 0. The molecule has 3 saturated heterocycles. The van der Waals surface area contributed by atoms with Gasteiger partial charge in [0.1, 0.15) is 6.04 Å². The molecule has 1 aliphatic carbocycles. The first-order valence-corrected chi connectivity index (χ1v) is 19.0. The van der Waals surface area contributed by atoms with Crippen molar-refractivity contribution in [1.29, 1.82) is 0 Å². The van der Waals surface area contributed by atoms with Crippen molar-refractivity contribution in [2.75, 3.05) is 44.6 Å². The average molecular weight is 761 g/mol. The number of fused-ring (bicyclic) bond motifs is 1. The van der Waals surface area contributed by atoms with Crippen LogP contribution in [0.2, 0.25) is 0 Å². The maximum absolute atomic E-state index is 14.3. The summed E-state index contributed by atoms with van der Waals surface area (Å²) in [7, 11) is 0. The third-order valence-electron chi connectivity index (χ3n) is 11.5. The topological polar surface area (TPSA) is 88.2 Å². The first-order valence-electron chi connectivity index (χ1n) is 19.0. The Labute approximate surface area is 310 Å². The van der Waals surface area contributed by atoms with Crippen molar-refractivity contribution in [1.82, 2.24) is 24.9 Å². The lowest BCUT2D eigenvalue weighted by atomic mass is 9.97. The molecule has 0 bridgehead atoms. The number of piperidine rings is 3. The molecule has 0 spiro atoms. The molecular weight excluding hydrogens is 714 g/mol. The molecule has 4 aliphatic heterocycles. The highest BCUT2D eigenvalue weighted by Gasteiger charge is 2.40. The number of benzene rings is 2. The fourth-order valence-electron chi connectivity index (χ4n) is 8.38. The van der Waals surface area contributed by atoms with Crippen LogP contribution in [-0.2, 0) is 28.5 Å². The number of hydrogen-bond donors (Lipinski definition) is 2. The van der Waals surface area contributed by atoms with Gasteiger partial charge in [-0.3, -0.25) is 9.59 Å². The summed E-state index contributed by atoms with van der Waals surface area (Å²) in [6.45, 7) is 3.99. The molecule has 5 aliphatic rings. The predicted molar refractivity (Wildman–Crippen MR) is 190 cm³/mol. The maximum atomic E-state index is 14.3. The number of nitrogens with zero attached hydrogens (tertiary/aromatic N) is 4. The fourth-order valence-corrected chi connectivity index (χ4v) is 8.38.